The van der Waals surface area contributed by atoms with Gasteiger partial charge in [0.25, 0.3) is 5.91 Å². The van der Waals surface area contributed by atoms with Gasteiger partial charge in [0, 0.05) is 42.5 Å². The Bertz CT molecular complexity index is 1420. The molecule has 3 aromatic rings. The quantitative estimate of drug-likeness (QED) is 0.580. The van der Waals surface area contributed by atoms with Crippen LogP contribution in [-0.2, 0) is 0 Å². The summed E-state index contributed by atoms with van der Waals surface area (Å²) in [5.41, 5.74) is -1.65. The Balaban J connectivity index is 1.72. The van der Waals surface area contributed by atoms with Gasteiger partial charge in [0.05, 0.1) is 11.5 Å². The van der Waals surface area contributed by atoms with Crippen LogP contribution in [0.15, 0.2) is 47.5 Å². The normalized spacial score (nSPS) is 18.3. The summed E-state index contributed by atoms with van der Waals surface area (Å²) in [5.74, 6) is -3.94. The second-order valence-corrected chi connectivity index (χ2v) is 9.17. The summed E-state index contributed by atoms with van der Waals surface area (Å²) >= 11 is 0. The van der Waals surface area contributed by atoms with E-state index in [2.05, 4.69) is 16.9 Å². The number of hydrogen-bond acceptors (Lipinski definition) is 5. The van der Waals surface area contributed by atoms with E-state index in [1.165, 1.54) is 6.07 Å². The molecule has 10 heteroatoms. The van der Waals surface area contributed by atoms with E-state index in [-0.39, 0.29) is 22.0 Å². The summed E-state index contributed by atoms with van der Waals surface area (Å²) in [4.78, 5) is 32.3. The first-order valence-electron chi connectivity index (χ1n) is 11.3. The SMILES string of the molecule is C=C(CC)NC(=O)c1cn(-c2c(F)cc(F)cc2F)c2nc(N3CC(O)C4(CC4)C3)ccc2c1=O. The van der Waals surface area contributed by atoms with Crippen molar-refractivity contribution in [3.63, 3.8) is 0 Å². The van der Waals surface area contributed by atoms with Crippen LogP contribution >= 0.6 is 0 Å². The zero-order chi connectivity index (χ0) is 25.1. The van der Waals surface area contributed by atoms with Gasteiger partial charge in [-0.2, -0.15) is 0 Å². The number of nitrogens with one attached hydrogen (secondary N) is 1. The largest absolute Gasteiger partial charge is 0.391 e. The first kappa shape index (κ1) is 23.1. The lowest BCUT2D eigenvalue weighted by atomic mass is 10.0. The molecule has 1 aliphatic heterocycles. The maximum Gasteiger partial charge on any atom is 0.260 e. The predicted octanol–water partition coefficient (Wildman–Crippen LogP) is 3.42. The summed E-state index contributed by atoms with van der Waals surface area (Å²) in [6, 6.07) is 4.04. The van der Waals surface area contributed by atoms with Crippen LogP contribution in [0.5, 0.6) is 0 Å². The number of aromatic nitrogens is 2. The van der Waals surface area contributed by atoms with Crippen molar-refractivity contribution in [2.75, 3.05) is 18.0 Å². The van der Waals surface area contributed by atoms with Crippen molar-refractivity contribution in [3.8, 4) is 5.69 Å². The van der Waals surface area contributed by atoms with Crippen LogP contribution in [0.3, 0.4) is 0 Å². The Labute approximate surface area is 198 Å². The zero-order valence-electron chi connectivity index (χ0n) is 18.9. The van der Waals surface area contributed by atoms with Gasteiger partial charge < -0.3 is 15.3 Å². The minimum atomic E-state index is -1.22. The first-order chi connectivity index (χ1) is 16.6. The van der Waals surface area contributed by atoms with Crippen molar-refractivity contribution in [1.82, 2.24) is 14.9 Å². The number of aliphatic hydroxyl groups is 1. The van der Waals surface area contributed by atoms with Gasteiger partial charge >= 0.3 is 0 Å². The topological polar surface area (TPSA) is 87.5 Å². The van der Waals surface area contributed by atoms with Crippen LogP contribution in [0.4, 0.5) is 19.0 Å². The Morgan fingerprint density at radius 3 is 2.54 bits per heavy atom. The number of hydrogen-bond donors (Lipinski definition) is 2. The number of anilines is 1. The molecule has 2 aliphatic rings. The molecule has 35 heavy (non-hydrogen) atoms. The third-order valence-corrected chi connectivity index (χ3v) is 6.84. The van der Waals surface area contributed by atoms with Crippen molar-refractivity contribution in [3.05, 3.63) is 76.0 Å². The van der Waals surface area contributed by atoms with Crippen LogP contribution in [-0.4, -0.2) is 39.8 Å². The Kier molecular flexibility index (Phi) is 5.43. The molecule has 0 bridgehead atoms. The van der Waals surface area contributed by atoms with E-state index < -0.39 is 40.6 Å². The molecule has 1 aliphatic carbocycles. The van der Waals surface area contributed by atoms with E-state index in [1.807, 2.05) is 4.90 Å². The molecular weight excluding hydrogens is 461 g/mol. The molecule has 2 N–H and O–H groups in total. The van der Waals surface area contributed by atoms with Gasteiger partial charge in [0.2, 0.25) is 5.43 Å². The van der Waals surface area contributed by atoms with Gasteiger partial charge in [-0.15, -0.1) is 0 Å². The molecule has 2 fully saturated rings. The smallest absolute Gasteiger partial charge is 0.260 e. The molecular formula is C25H23F3N4O3. The second-order valence-electron chi connectivity index (χ2n) is 9.17. The average Bonchev–Trinajstić information content (AvgIpc) is 3.52. The number of amides is 1. The summed E-state index contributed by atoms with van der Waals surface area (Å²) in [6.07, 6.45) is 2.70. The van der Waals surface area contributed by atoms with Crippen LogP contribution < -0.4 is 15.6 Å². The number of nitrogens with zero attached hydrogens (tertiary/aromatic N) is 3. The number of aliphatic hydroxyl groups excluding tert-OH is 1. The molecule has 3 heterocycles. The van der Waals surface area contributed by atoms with Gasteiger partial charge in [-0.25, -0.2) is 18.2 Å². The zero-order valence-corrected chi connectivity index (χ0v) is 18.9. The lowest BCUT2D eigenvalue weighted by Gasteiger charge is -2.20. The van der Waals surface area contributed by atoms with E-state index in [1.54, 1.807) is 13.0 Å². The molecule has 1 amide bonds. The van der Waals surface area contributed by atoms with Crippen molar-refractivity contribution in [2.24, 2.45) is 5.41 Å². The van der Waals surface area contributed by atoms with Crippen molar-refractivity contribution < 1.29 is 23.1 Å². The number of rotatable bonds is 5. The standard InChI is InChI=1S/C25H23F3N4O3/c1-3-13(2)29-24(35)16-10-32(21-17(27)8-14(26)9-18(21)28)23-15(22(16)34)4-5-20(30-23)31-11-19(33)25(12-31)6-7-25/h4-5,8-10,19,33H,2-3,6-7,11-12H2,1H3,(H,29,35). The second kappa shape index (κ2) is 8.23. The summed E-state index contributed by atoms with van der Waals surface area (Å²) in [6.45, 7) is 6.35. The summed E-state index contributed by atoms with van der Waals surface area (Å²) < 4.78 is 44.2. The Hall–Kier alpha value is -3.66. The van der Waals surface area contributed by atoms with Gasteiger partial charge in [-0.1, -0.05) is 13.5 Å². The lowest BCUT2D eigenvalue weighted by Crippen LogP contribution is -2.29. The van der Waals surface area contributed by atoms with Gasteiger partial charge in [-0.3, -0.25) is 14.2 Å². The van der Waals surface area contributed by atoms with E-state index in [4.69, 9.17) is 0 Å². The highest BCUT2D eigenvalue weighted by atomic mass is 19.1. The number of β-amino-alcohol motifs (C(OH)–C–C–N with tert-alkyl or cyclic N) is 1. The molecule has 1 saturated carbocycles. The molecule has 7 nitrogen and oxygen atoms in total. The lowest BCUT2D eigenvalue weighted by molar-refractivity contribution is 0.0963. The fourth-order valence-corrected chi connectivity index (χ4v) is 4.56. The minimum absolute atomic E-state index is 0.0486. The van der Waals surface area contributed by atoms with Crippen LogP contribution in [0.25, 0.3) is 16.7 Å². The molecule has 1 saturated heterocycles. The van der Waals surface area contributed by atoms with Gasteiger partial charge in [0.15, 0.2) is 17.3 Å². The minimum Gasteiger partial charge on any atom is -0.391 e. The van der Waals surface area contributed by atoms with E-state index in [9.17, 15) is 27.9 Å². The average molecular weight is 484 g/mol. The van der Waals surface area contributed by atoms with Gasteiger partial charge in [0.1, 0.15) is 22.9 Å². The number of carbonyl (C=O) groups is 1. The molecule has 0 radical (unpaired) electrons. The molecule has 5 rings (SSSR count). The van der Waals surface area contributed by atoms with E-state index >= 15 is 0 Å². The fraction of sp³-hybridized carbons (Fsp3) is 0.320. The van der Waals surface area contributed by atoms with Crippen LogP contribution in [0.2, 0.25) is 0 Å². The highest BCUT2D eigenvalue weighted by Gasteiger charge is 2.54. The molecule has 2 aromatic heterocycles. The number of benzene rings is 1. The monoisotopic (exact) mass is 484 g/mol. The summed E-state index contributed by atoms with van der Waals surface area (Å²) in [5, 5.41) is 12.9. The molecule has 1 atom stereocenters. The molecule has 1 aromatic carbocycles. The predicted molar refractivity (Wildman–Crippen MR) is 124 cm³/mol. The Morgan fingerprint density at radius 2 is 1.94 bits per heavy atom. The molecule has 182 valence electrons. The fourth-order valence-electron chi connectivity index (χ4n) is 4.56. The van der Waals surface area contributed by atoms with Crippen molar-refractivity contribution in [1.29, 1.82) is 0 Å². The number of pyridine rings is 2. The van der Waals surface area contributed by atoms with Crippen molar-refractivity contribution in [2.45, 2.75) is 32.3 Å². The van der Waals surface area contributed by atoms with E-state index in [0.717, 1.165) is 23.6 Å². The molecule has 1 unspecified atom stereocenters. The van der Waals surface area contributed by atoms with Crippen LogP contribution in [0.1, 0.15) is 36.5 Å². The number of fused-ring (bicyclic) bond motifs is 1. The Morgan fingerprint density at radius 1 is 1.26 bits per heavy atom. The maximum atomic E-state index is 14.8. The highest BCUT2D eigenvalue weighted by molar-refractivity contribution is 5.98. The number of allylic oxidation sites excluding steroid dienone is 1. The summed E-state index contributed by atoms with van der Waals surface area (Å²) in [7, 11) is 0. The first-order valence-corrected chi connectivity index (χ1v) is 11.3. The molecule has 1 spiro atoms. The number of carbonyl (C=O) groups excluding carboxylic acids is 1. The maximum absolute atomic E-state index is 14.8. The van der Waals surface area contributed by atoms with Crippen LogP contribution in [0, 0.1) is 22.9 Å². The highest BCUT2D eigenvalue weighted by Crippen LogP contribution is 2.53. The third-order valence-electron chi connectivity index (χ3n) is 6.84. The third kappa shape index (κ3) is 3.87. The van der Waals surface area contributed by atoms with Crippen molar-refractivity contribution >= 4 is 22.8 Å². The number of halogens is 3. The van der Waals surface area contributed by atoms with E-state index in [0.29, 0.717) is 43.2 Å². The van der Waals surface area contributed by atoms with Gasteiger partial charge in [-0.05, 0) is 31.4 Å².